The van der Waals surface area contributed by atoms with E-state index in [0.29, 0.717) is 6.79 Å². The van der Waals surface area contributed by atoms with Crippen LogP contribution in [0.3, 0.4) is 0 Å². The van der Waals surface area contributed by atoms with Crippen LogP contribution >= 0.6 is 0 Å². The Balaban J connectivity index is 2.23. The highest BCUT2D eigenvalue weighted by atomic mass is 16.7. The highest BCUT2D eigenvalue weighted by Gasteiger charge is 2.29. The number of rotatable bonds is 1. The predicted octanol–water partition coefficient (Wildman–Crippen LogP) is 2.30. The van der Waals surface area contributed by atoms with Crippen molar-refractivity contribution in [3.05, 3.63) is 35.9 Å². The summed E-state index contributed by atoms with van der Waals surface area (Å²) in [6.45, 7) is 3.31. The smallest absolute Gasteiger partial charge is 0.147 e. The van der Waals surface area contributed by atoms with Crippen LogP contribution < -0.4 is 0 Å². The normalized spacial score (nSPS) is 28.7. The van der Waals surface area contributed by atoms with E-state index < -0.39 is 0 Å². The molecule has 0 amide bonds. The van der Waals surface area contributed by atoms with E-state index in [4.69, 9.17) is 9.47 Å². The SMILES string of the molecule is C[C@@]1(c2ccccc2)CCOCO1. The van der Waals surface area contributed by atoms with Gasteiger partial charge in [0, 0.05) is 6.42 Å². The monoisotopic (exact) mass is 178 g/mol. The van der Waals surface area contributed by atoms with Crippen LogP contribution in [-0.2, 0) is 15.1 Å². The molecule has 0 unspecified atom stereocenters. The molecular formula is C11H14O2. The summed E-state index contributed by atoms with van der Waals surface area (Å²) in [7, 11) is 0. The third-order valence-electron chi connectivity index (χ3n) is 2.57. The van der Waals surface area contributed by atoms with E-state index in [2.05, 4.69) is 19.1 Å². The highest BCUT2D eigenvalue weighted by Crippen LogP contribution is 2.31. The Morgan fingerprint density at radius 2 is 2.00 bits per heavy atom. The Labute approximate surface area is 78.5 Å². The largest absolute Gasteiger partial charge is 0.355 e. The van der Waals surface area contributed by atoms with Crippen molar-refractivity contribution in [1.82, 2.24) is 0 Å². The predicted molar refractivity (Wildman–Crippen MR) is 50.3 cm³/mol. The molecule has 1 heterocycles. The lowest BCUT2D eigenvalue weighted by molar-refractivity contribution is -0.191. The molecule has 1 aromatic carbocycles. The van der Waals surface area contributed by atoms with Gasteiger partial charge in [-0.25, -0.2) is 0 Å². The Morgan fingerprint density at radius 3 is 2.62 bits per heavy atom. The van der Waals surface area contributed by atoms with Gasteiger partial charge in [-0.3, -0.25) is 0 Å². The van der Waals surface area contributed by atoms with Crippen LogP contribution in [0, 0.1) is 0 Å². The average molecular weight is 178 g/mol. The summed E-state index contributed by atoms with van der Waals surface area (Å²) in [5.74, 6) is 0. The summed E-state index contributed by atoms with van der Waals surface area (Å²) in [6.07, 6.45) is 0.928. The van der Waals surface area contributed by atoms with Gasteiger partial charge in [0.15, 0.2) is 0 Å². The number of benzene rings is 1. The van der Waals surface area contributed by atoms with Crippen molar-refractivity contribution in [2.24, 2.45) is 0 Å². The fourth-order valence-corrected chi connectivity index (χ4v) is 1.59. The number of hydrogen-bond donors (Lipinski definition) is 0. The second-order valence-corrected chi connectivity index (χ2v) is 3.52. The van der Waals surface area contributed by atoms with E-state index in [1.54, 1.807) is 0 Å². The summed E-state index contributed by atoms with van der Waals surface area (Å²) < 4.78 is 10.8. The van der Waals surface area contributed by atoms with Gasteiger partial charge >= 0.3 is 0 Å². The maximum atomic E-state index is 5.63. The lowest BCUT2D eigenvalue weighted by Crippen LogP contribution is -2.33. The quantitative estimate of drug-likeness (QED) is 0.657. The summed E-state index contributed by atoms with van der Waals surface area (Å²) in [4.78, 5) is 0. The van der Waals surface area contributed by atoms with E-state index in [1.807, 2.05) is 18.2 Å². The Morgan fingerprint density at radius 1 is 1.23 bits per heavy atom. The van der Waals surface area contributed by atoms with Crippen LogP contribution in [0.1, 0.15) is 18.9 Å². The molecule has 0 N–H and O–H groups in total. The molecule has 13 heavy (non-hydrogen) atoms. The molecule has 0 saturated carbocycles. The zero-order valence-corrected chi connectivity index (χ0v) is 7.82. The van der Waals surface area contributed by atoms with Gasteiger partial charge in [0.25, 0.3) is 0 Å². The van der Waals surface area contributed by atoms with Gasteiger partial charge in [0.2, 0.25) is 0 Å². The molecule has 2 heteroatoms. The molecule has 2 rings (SSSR count). The minimum absolute atomic E-state index is 0.153. The Bertz CT molecular complexity index is 263. The van der Waals surface area contributed by atoms with Crippen molar-refractivity contribution in [3.63, 3.8) is 0 Å². The maximum absolute atomic E-state index is 5.63. The topological polar surface area (TPSA) is 18.5 Å². The zero-order chi connectivity index (χ0) is 9.15. The van der Waals surface area contributed by atoms with Crippen LogP contribution in [0.15, 0.2) is 30.3 Å². The molecule has 1 aliphatic rings. The first-order valence-corrected chi connectivity index (χ1v) is 4.58. The minimum Gasteiger partial charge on any atom is -0.355 e. The highest BCUT2D eigenvalue weighted by molar-refractivity contribution is 5.21. The molecule has 1 aromatic rings. The third-order valence-corrected chi connectivity index (χ3v) is 2.57. The van der Waals surface area contributed by atoms with Gasteiger partial charge in [0.1, 0.15) is 6.79 Å². The van der Waals surface area contributed by atoms with Crippen LogP contribution in [0.5, 0.6) is 0 Å². The van der Waals surface area contributed by atoms with E-state index in [0.717, 1.165) is 13.0 Å². The molecule has 0 spiro atoms. The van der Waals surface area contributed by atoms with Crippen LogP contribution in [0.2, 0.25) is 0 Å². The molecule has 1 atom stereocenters. The van der Waals surface area contributed by atoms with Crippen molar-refractivity contribution < 1.29 is 9.47 Å². The Kier molecular flexibility index (Phi) is 2.34. The second kappa shape index (κ2) is 3.48. The molecule has 2 nitrogen and oxygen atoms in total. The van der Waals surface area contributed by atoms with Gasteiger partial charge in [-0.2, -0.15) is 0 Å². The fourth-order valence-electron chi connectivity index (χ4n) is 1.59. The van der Waals surface area contributed by atoms with Crippen LogP contribution in [0.4, 0.5) is 0 Å². The summed E-state index contributed by atoms with van der Waals surface area (Å²) >= 11 is 0. The van der Waals surface area contributed by atoms with E-state index in [1.165, 1.54) is 5.56 Å². The lowest BCUT2D eigenvalue weighted by atomic mass is 9.92. The molecule has 1 saturated heterocycles. The number of ether oxygens (including phenoxy) is 2. The van der Waals surface area contributed by atoms with Crippen LogP contribution in [-0.4, -0.2) is 13.4 Å². The first-order valence-electron chi connectivity index (χ1n) is 4.58. The standard InChI is InChI=1S/C11H14O2/c1-11(7-8-12-9-13-11)10-5-3-2-4-6-10/h2-6H,7-9H2,1H3/t11-/m0/s1. The zero-order valence-electron chi connectivity index (χ0n) is 7.82. The van der Waals surface area contributed by atoms with Crippen molar-refractivity contribution in [1.29, 1.82) is 0 Å². The fraction of sp³-hybridized carbons (Fsp3) is 0.455. The third kappa shape index (κ3) is 1.74. The van der Waals surface area contributed by atoms with Gasteiger partial charge < -0.3 is 9.47 Å². The Hall–Kier alpha value is -0.860. The summed E-state index contributed by atoms with van der Waals surface area (Å²) in [6, 6.07) is 10.3. The maximum Gasteiger partial charge on any atom is 0.147 e. The van der Waals surface area contributed by atoms with Crippen molar-refractivity contribution >= 4 is 0 Å². The van der Waals surface area contributed by atoms with Crippen molar-refractivity contribution in [3.8, 4) is 0 Å². The molecule has 0 radical (unpaired) electrons. The van der Waals surface area contributed by atoms with E-state index in [-0.39, 0.29) is 5.60 Å². The van der Waals surface area contributed by atoms with Gasteiger partial charge in [-0.05, 0) is 12.5 Å². The number of hydrogen-bond acceptors (Lipinski definition) is 2. The second-order valence-electron chi connectivity index (χ2n) is 3.52. The average Bonchev–Trinajstić information content (AvgIpc) is 2.20. The van der Waals surface area contributed by atoms with Gasteiger partial charge in [0.05, 0.1) is 12.2 Å². The van der Waals surface area contributed by atoms with Crippen molar-refractivity contribution in [2.75, 3.05) is 13.4 Å². The molecule has 1 fully saturated rings. The van der Waals surface area contributed by atoms with Crippen molar-refractivity contribution in [2.45, 2.75) is 18.9 Å². The molecule has 70 valence electrons. The summed E-state index contributed by atoms with van der Waals surface area (Å²) in [5, 5.41) is 0. The molecule has 1 aliphatic heterocycles. The van der Waals surface area contributed by atoms with Gasteiger partial charge in [-0.1, -0.05) is 30.3 Å². The first kappa shape index (κ1) is 8.73. The first-order chi connectivity index (χ1) is 6.31. The molecule has 0 aromatic heterocycles. The van der Waals surface area contributed by atoms with Gasteiger partial charge in [-0.15, -0.1) is 0 Å². The summed E-state index contributed by atoms with van der Waals surface area (Å²) in [5.41, 5.74) is 1.08. The minimum atomic E-state index is -0.153. The molecular weight excluding hydrogens is 164 g/mol. The molecule has 0 bridgehead atoms. The molecule has 0 aliphatic carbocycles. The van der Waals surface area contributed by atoms with E-state index in [9.17, 15) is 0 Å². The van der Waals surface area contributed by atoms with E-state index >= 15 is 0 Å². The van der Waals surface area contributed by atoms with Crippen LogP contribution in [0.25, 0.3) is 0 Å². The lowest BCUT2D eigenvalue weighted by Gasteiger charge is -2.34.